The highest BCUT2D eigenvalue weighted by Gasteiger charge is 2.21. The van der Waals surface area contributed by atoms with E-state index in [-0.39, 0.29) is 23.9 Å². The van der Waals surface area contributed by atoms with Crippen molar-refractivity contribution >= 4 is 17.3 Å². The number of alkyl halides is 2. The molecule has 0 unspecified atom stereocenters. The van der Waals surface area contributed by atoms with E-state index in [1.54, 1.807) is 19.2 Å². The maximum Gasteiger partial charge on any atom is 0.387 e. The highest BCUT2D eigenvalue weighted by Crippen LogP contribution is 2.28. The van der Waals surface area contributed by atoms with Crippen LogP contribution in [0.25, 0.3) is 0 Å². The standard InChI is InChI=1S/C20H23F2N3O3/c1-27-18-9-5-3-7-16(18)25-12-10-24(11-13-25)14-19(26)23-15-6-2-4-8-17(15)28-20(21)22/h2-9,20H,10-14H2,1H3,(H,23,26). The number of nitrogens with one attached hydrogen (secondary N) is 1. The van der Waals surface area contributed by atoms with Crippen LogP contribution in [0.4, 0.5) is 20.2 Å². The Morgan fingerprint density at radius 1 is 1.04 bits per heavy atom. The lowest BCUT2D eigenvalue weighted by Crippen LogP contribution is -2.48. The minimum atomic E-state index is -2.94. The number of para-hydroxylation sites is 4. The number of anilines is 2. The summed E-state index contributed by atoms with van der Waals surface area (Å²) < 4.78 is 34.8. The summed E-state index contributed by atoms with van der Waals surface area (Å²) in [5.41, 5.74) is 1.27. The van der Waals surface area contributed by atoms with E-state index in [2.05, 4.69) is 15.0 Å². The third-order valence-corrected chi connectivity index (χ3v) is 4.54. The zero-order valence-corrected chi connectivity index (χ0v) is 15.6. The smallest absolute Gasteiger partial charge is 0.387 e. The molecule has 1 N–H and O–H groups in total. The number of piperazine rings is 1. The first-order valence-corrected chi connectivity index (χ1v) is 9.01. The Morgan fingerprint density at radius 3 is 2.36 bits per heavy atom. The van der Waals surface area contributed by atoms with Gasteiger partial charge in [-0.25, -0.2) is 0 Å². The molecule has 2 aromatic carbocycles. The number of hydrogen-bond donors (Lipinski definition) is 1. The Kier molecular flexibility index (Phi) is 6.65. The zero-order chi connectivity index (χ0) is 19.9. The van der Waals surface area contributed by atoms with Crippen molar-refractivity contribution in [3.05, 3.63) is 48.5 Å². The van der Waals surface area contributed by atoms with E-state index in [4.69, 9.17) is 4.74 Å². The number of nitrogens with zero attached hydrogens (tertiary/aromatic N) is 2. The monoisotopic (exact) mass is 391 g/mol. The molecule has 0 spiro atoms. The van der Waals surface area contributed by atoms with Crippen LogP contribution in [0.3, 0.4) is 0 Å². The molecular formula is C20H23F2N3O3. The second-order valence-corrected chi connectivity index (χ2v) is 6.36. The van der Waals surface area contributed by atoms with Crippen molar-refractivity contribution in [1.82, 2.24) is 4.90 Å². The summed E-state index contributed by atoms with van der Waals surface area (Å²) in [6, 6.07) is 14.0. The molecular weight excluding hydrogens is 368 g/mol. The van der Waals surface area contributed by atoms with Gasteiger partial charge in [-0.15, -0.1) is 0 Å². The molecule has 150 valence electrons. The highest BCUT2D eigenvalue weighted by molar-refractivity contribution is 5.93. The molecule has 0 aliphatic carbocycles. The van der Waals surface area contributed by atoms with Crippen LogP contribution in [0, 0.1) is 0 Å². The van der Waals surface area contributed by atoms with E-state index < -0.39 is 6.61 Å². The van der Waals surface area contributed by atoms with Crippen molar-refractivity contribution in [2.75, 3.05) is 50.1 Å². The third-order valence-electron chi connectivity index (χ3n) is 4.54. The van der Waals surface area contributed by atoms with Gasteiger partial charge in [0, 0.05) is 26.2 Å². The molecule has 6 nitrogen and oxygen atoms in total. The summed E-state index contributed by atoms with van der Waals surface area (Å²) in [7, 11) is 1.65. The first kappa shape index (κ1) is 19.9. The van der Waals surface area contributed by atoms with Crippen molar-refractivity contribution in [1.29, 1.82) is 0 Å². The van der Waals surface area contributed by atoms with Crippen LogP contribution in [0.15, 0.2) is 48.5 Å². The van der Waals surface area contributed by atoms with E-state index in [0.29, 0.717) is 13.1 Å². The molecule has 0 atom stereocenters. The van der Waals surface area contributed by atoms with Crippen molar-refractivity contribution in [3.63, 3.8) is 0 Å². The number of amides is 1. The van der Waals surface area contributed by atoms with Gasteiger partial charge in [-0.3, -0.25) is 9.69 Å². The van der Waals surface area contributed by atoms with Gasteiger partial charge in [-0.1, -0.05) is 24.3 Å². The molecule has 0 radical (unpaired) electrons. The van der Waals surface area contributed by atoms with Gasteiger partial charge in [-0.05, 0) is 24.3 Å². The fraction of sp³-hybridized carbons (Fsp3) is 0.350. The minimum absolute atomic E-state index is 0.0492. The van der Waals surface area contributed by atoms with Crippen LogP contribution in [0.2, 0.25) is 0 Å². The molecule has 1 aliphatic heterocycles. The predicted octanol–water partition coefficient (Wildman–Crippen LogP) is 3.06. The van der Waals surface area contributed by atoms with Crippen LogP contribution in [-0.2, 0) is 4.79 Å². The largest absolute Gasteiger partial charge is 0.495 e. The molecule has 3 rings (SSSR count). The molecule has 8 heteroatoms. The van der Waals surface area contributed by atoms with Gasteiger partial charge >= 0.3 is 6.61 Å². The van der Waals surface area contributed by atoms with Gasteiger partial charge in [0.2, 0.25) is 5.91 Å². The third kappa shape index (κ3) is 5.10. The molecule has 1 saturated heterocycles. The average Bonchev–Trinajstić information content (AvgIpc) is 2.69. The molecule has 1 heterocycles. The van der Waals surface area contributed by atoms with Gasteiger partial charge < -0.3 is 19.7 Å². The van der Waals surface area contributed by atoms with E-state index >= 15 is 0 Å². The molecule has 1 aliphatic rings. The van der Waals surface area contributed by atoms with Crippen molar-refractivity contribution in [3.8, 4) is 11.5 Å². The number of halogens is 2. The Hall–Kier alpha value is -2.87. The summed E-state index contributed by atoms with van der Waals surface area (Å²) in [5, 5.41) is 2.65. The number of rotatable bonds is 7. The topological polar surface area (TPSA) is 54.0 Å². The number of benzene rings is 2. The minimum Gasteiger partial charge on any atom is -0.495 e. The van der Waals surface area contributed by atoms with Gasteiger partial charge in [0.25, 0.3) is 0 Å². The molecule has 1 amide bonds. The van der Waals surface area contributed by atoms with E-state index in [0.717, 1.165) is 24.5 Å². The fourth-order valence-corrected chi connectivity index (χ4v) is 3.20. The Morgan fingerprint density at radius 2 is 1.68 bits per heavy atom. The maximum atomic E-state index is 12.5. The van der Waals surface area contributed by atoms with E-state index in [1.807, 2.05) is 29.2 Å². The number of methoxy groups -OCH3 is 1. The van der Waals surface area contributed by atoms with Gasteiger partial charge in [0.1, 0.15) is 11.5 Å². The van der Waals surface area contributed by atoms with Crippen molar-refractivity contribution in [2.24, 2.45) is 0 Å². The van der Waals surface area contributed by atoms with Crippen LogP contribution >= 0.6 is 0 Å². The summed E-state index contributed by atoms with van der Waals surface area (Å²) >= 11 is 0. The number of carbonyl (C=O) groups excluding carboxylic acids is 1. The maximum absolute atomic E-state index is 12.5. The molecule has 0 aromatic heterocycles. The van der Waals surface area contributed by atoms with Crippen molar-refractivity contribution in [2.45, 2.75) is 6.61 Å². The summed E-state index contributed by atoms with van der Waals surface area (Å²) in [6.45, 7) is 0.183. The first-order valence-electron chi connectivity index (χ1n) is 9.01. The SMILES string of the molecule is COc1ccccc1N1CCN(CC(=O)Nc2ccccc2OC(F)F)CC1. The number of ether oxygens (including phenoxy) is 2. The summed E-state index contributed by atoms with van der Waals surface area (Å²) in [4.78, 5) is 16.6. The lowest BCUT2D eigenvalue weighted by atomic mass is 10.2. The van der Waals surface area contributed by atoms with E-state index in [9.17, 15) is 13.6 Å². The predicted molar refractivity (Wildman–Crippen MR) is 103 cm³/mol. The van der Waals surface area contributed by atoms with Crippen LogP contribution in [0.5, 0.6) is 11.5 Å². The molecule has 1 fully saturated rings. The van der Waals surface area contributed by atoms with Crippen LogP contribution in [0.1, 0.15) is 0 Å². The van der Waals surface area contributed by atoms with Gasteiger partial charge in [0.15, 0.2) is 0 Å². The second kappa shape index (κ2) is 9.36. The second-order valence-electron chi connectivity index (χ2n) is 6.36. The van der Waals surface area contributed by atoms with E-state index in [1.165, 1.54) is 12.1 Å². The average molecular weight is 391 g/mol. The van der Waals surface area contributed by atoms with Crippen LogP contribution < -0.4 is 19.7 Å². The number of carbonyl (C=O) groups is 1. The lowest BCUT2D eigenvalue weighted by molar-refractivity contribution is -0.117. The Balaban J connectivity index is 1.53. The molecule has 0 bridgehead atoms. The quantitative estimate of drug-likeness (QED) is 0.786. The molecule has 2 aromatic rings. The molecule has 28 heavy (non-hydrogen) atoms. The summed E-state index contributed by atoms with van der Waals surface area (Å²) in [5.74, 6) is 0.507. The first-order chi connectivity index (χ1) is 13.6. The fourth-order valence-electron chi connectivity index (χ4n) is 3.20. The lowest BCUT2D eigenvalue weighted by Gasteiger charge is -2.36. The normalized spacial score (nSPS) is 14.8. The molecule has 0 saturated carbocycles. The van der Waals surface area contributed by atoms with Crippen LogP contribution in [-0.4, -0.2) is 57.3 Å². The number of hydrogen-bond acceptors (Lipinski definition) is 5. The van der Waals surface area contributed by atoms with Gasteiger partial charge in [-0.2, -0.15) is 8.78 Å². The zero-order valence-electron chi connectivity index (χ0n) is 15.6. The highest BCUT2D eigenvalue weighted by atomic mass is 19.3. The van der Waals surface area contributed by atoms with Gasteiger partial charge in [0.05, 0.1) is 25.0 Å². The Labute approximate surface area is 162 Å². The Bertz CT molecular complexity index is 796. The van der Waals surface area contributed by atoms with Crippen molar-refractivity contribution < 1.29 is 23.0 Å². The summed E-state index contributed by atoms with van der Waals surface area (Å²) in [6.07, 6.45) is 0.